The Labute approximate surface area is 274 Å². The van der Waals surface area contributed by atoms with Crippen LogP contribution in [0.15, 0.2) is 133 Å². The van der Waals surface area contributed by atoms with Crippen LogP contribution in [0.1, 0.15) is 75.2 Å². The molecule has 2 nitrogen and oxygen atoms in total. The molecule has 228 valence electrons. The molecule has 1 aliphatic rings. The summed E-state index contributed by atoms with van der Waals surface area (Å²) in [4.78, 5) is 10.8. The Morgan fingerprint density at radius 3 is 1.41 bits per heavy atom. The summed E-state index contributed by atoms with van der Waals surface area (Å²) in [7, 11) is 0. The van der Waals surface area contributed by atoms with Gasteiger partial charge in [-0.15, -0.1) is 0 Å². The van der Waals surface area contributed by atoms with Crippen molar-refractivity contribution in [1.29, 1.82) is 0 Å². The first-order valence-corrected chi connectivity index (χ1v) is 16.4. The van der Waals surface area contributed by atoms with E-state index in [0.29, 0.717) is 6.42 Å². The van der Waals surface area contributed by atoms with E-state index in [1.54, 1.807) is 0 Å². The molecule has 0 bridgehead atoms. The van der Waals surface area contributed by atoms with Crippen LogP contribution in [0.5, 0.6) is 0 Å². The van der Waals surface area contributed by atoms with Crippen molar-refractivity contribution in [3.05, 3.63) is 167 Å². The second kappa shape index (κ2) is 11.2. The van der Waals surface area contributed by atoms with Gasteiger partial charge in [0.15, 0.2) is 0 Å². The van der Waals surface area contributed by atoms with Crippen LogP contribution in [0, 0.1) is 0 Å². The lowest BCUT2D eigenvalue weighted by atomic mass is 9.71. The summed E-state index contributed by atoms with van der Waals surface area (Å²) in [5.74, 6) is 0. The highest BCUT2D eigenvalue weighted by Crippen LogP contribution is 2.53. The minimum absolute atomic E-state index is 0.102. The zero-order chi connectivity index (χ0) is 32.1. The molecule has 0 fully saturated rings. The summed E-state index contributed by atoms with van der Waals surface area (Å²) < 4.78 is 0. The highest BCUT2D eigenvalue weighted by molar-refractivity contribution is 5.83. The van der Waals surface area contributed by atoms with Crippen LogP contribution in [0.3, 0.4) is 0 Å². The number of fused-ring (bicyclic) bond motifs is 3. The summed E-state index contributed by atoms with van der Waals surface area (Å²) >= 11 is 0. The number of nitrogens with zero attached hydrogens (tertiary/aromatic N) is 2. The van der Waals surface area contributed by atoms with Crippen LogP contribution < -0.4 is 0 Å². The average Bonchev–Trinajstić information content (AvgIpc) is 3.35. The smallest absolute Gasteiger partial charge is 0.0705 e. The molecule has 0 aliphatic heterocycles. The molecular weight excluding hydrogens is 556 g/mol. The molecule has 4 aromatic carbocycles. The SMILES string of the molecule is CC(C)(C)c1ccc(-c2cccc(CC3(c4cccc(-c5ccc(C(C)(C)C)cc5)n4)c4ccccc4-c4ccccc43)n2)cc1. The largest absolute Gasteiger partial charge is 0.253 e. The fraction of sp³-hybridized carbons (Fsp3) is 0.227. The molecule has 0 radical (unpaired) electrons. The quantitative estimate of drug-likeness (QED) is 0.197. The van der Waals surface area contributed by atoms with E-state index in [1.165, 1.54) is 33.4 Å². The van der Waals surface area contributed by atoms with Crippen LogP contribution in [-0.2, 0) is 22.7 Å². The maximum atomic E-state index is 5.47. The van der Waals surface area contributed by atoms with E-state index in [4.69, 9.17) is 9.97 Å². The second-order valence-electron chi connectivity index (χ2n) is 14.8. The van der Waals surface area contributed by atoms with E-state index < -0.39 is 5.41 Å². The van der Waals surface area contributed by atoms with Gasteiger partial charge in [-0.25, -0.2) is 0 Å². The predicted octanol–water partition coefficient (Wildman–Crippen LogP) is 11.0. The Morgan fingerprint density at radius 1 is 0.457 bits per heavy atom. The molecule has 2 heteroatoms. The van der Waals surface area contributed by atoms with Crippen molar-refractivity contribution >= 4 is 0 Å². The van der Waals surface area contributed by atoms with Crippen molar-refractivity contribution in [1.82, 2.24) is 9.97 Å². The van der Waals surface area contributed by atoms with Gasteiger partial charge in [0.05, 0.1) is 22.5 Å². The lowest BCUT2D eigenvalue weighted by Crippen LogP contribution is -2.31. The summed E-state index contributed by atoms with van der Waals surface area (Å²) in [5.41, 5.74) is 13.8. The molecule has 46 heavy (non-hydrogen) atoms. The topological polar surface area (TPSA) is 25.8 Å². The molecule has 0 N–H and O–H groups in total. The van der Waals surface area contributed by atoms with Crippen molar-refractivity contribution in [2.45, 2.75) is 64.2 Å². The molecule has 0 saturated heterocycles. The lowest BCUT2D eigenvalue weighted by Gasteiger charge is -2.32. The third-order valence-corrected chi connectivity index (χ3v) is 9.60. The van der Waals surface area contributed by atoms with E-state index in [9.17, 15) is 0 Å². The molecule has 1 aliphatic carbocycles. The van der Waals surface area contributed by atoms with E-state index in [2.05, 4.69) is 175 Å². The van der Waals surface area contributed by atoms with Gasteiger partial charge in [-0.2, -0.15) is 0 Å². The van der Waals surface area contributed by atoms with Gasteiger partial charge >= 0.3 is 0 Å². The molecule has 0 spiro atoms. The number of hydrogen-bond donors (Lipinski definition) is 0. The Balaban J connectivity index is 1.37. The van der Waals surface area contributed by atoms with Gasteiger partial charge in [0, 0.05) is 23.2 Å². The number of benzene rings is 4. The van der Waals surface area contributed by atoms with Crippen LogP contribution in [0.25, 0.3) is 33.6 Å². The number of pyridine rings is 2. The van der Waals surface area contributed by atoms with Gasteiger partial charge in [-0.05, 0) is 68.5 Å². The van der Waals surface area contributed by atoms with Crippen LogP contribution in [-0.4, -0.2) is 9.97 Å². The molecule has 7 rings (SSSR count). The monoisotopic (exact) mass is 598 g/mol. The molecule has 2 aromatic heterocycles. The second-order valence-corrected chi connectivity index (χ2v) is 14.8. The van der Waals surface area contributed by atoms with Gasteiger partial charge in [-0.1, -0.05) is 151 Å². The predicted molar refractivity (Wildman–Crippen MR) is 192 cm³/mol. The van der Waals surface area contributed by atoms with Crippen molar-refractivity contribution in [2.24, 2.45) is 0 Å². The minimum Gasteiger partial charge on any atom is -0.253 e. The first kappa shape index (κ1) is 29.9. The highest BCUT2D eigenvalue weighted by atomic mass is 14.8. The molecule has 6 aromatic rings. The first-order valence-electron chi connectivity index (χ1n) is 16.4. The summed E-state index contributed by atoms with van der Waals surface area (Å²) in [6.07, 6.45) is 0.703. The standard InChI is InChI=1S/C44H42N2/c1-42(2,3)32-25-21-30(22-26-32)39-18-11-13-34(45-39)29-44(37-16-9-7-14-35(37)36-15-8-10-17-38(36)44)41-20-12-19-40(46-41)31-23-27-33(28-24-31)43(4,5)6/h7-28H,29H2,1-6H3. The molecule has 0 saturated carbocycles. The minimum atomic E-state index is -0.490. The summed E-state index contributed by atoms with van der Waals surface area (Å²) in [5, 5.41) is 0. The van der Waals surface area contributed by atoms with E-state index in [1.807, 2.05) is 0 Å². The Bertz CT molecular complexity index is 1970. The highest BCUT2D eigenvalue weighted by Gasteiger charge is 2.46. The number of hydrogen-bond acceptors (Lipinski definition) is 2. The van der Waals surface area contributed by atoms with Gasteiger partial charge in [0.1, 0.15) is 0 Å². The third-order valence-electron chi connectivity index (χ3n) is 9.60. The number of aromatic nitrogens is 2. The van der Waals surface area contributed by atoms with Gasteiger partial charge in [0.2, 0.25) is 0 Å². The van der Waals surface area contributed by atoms with Gasteiger partial charge < -0.3 is 0 Å². The van der Waals surface area contributed by atoms with Crippen LogP contribution in [0.2, 0.25) is 0 Å². The third kappa shape index (κ3) is 5.26. The Hall–Kier alpha value is -4.82. The van der Waals surface area contributed by atoms with E-state index in [0.717, 1.165) is 33.9 Å². The molecule has 0 unspecified atom stereocenters. The van der Waals surface area contributed by atoms with Crippen LogP contribution in [0.4, 0.5) is 0 Å². The molecular formula is C44H42N2. The van der Waals surface area contributed by atoms with Crippen molar-refractivity contribution in [3.8, 4) is 33.6 Å². The fourth-order valence-corrected chi connectivity index (χ4v) is 7.01. The van der Waals surface area contributed by atoms with Gasteiger partial charge in [0.25, 0.3) is 0 Å². The maximum Gasteiger partial charge on any atom is 0.0705 e. The van der Waals surface area contributed by atoms with E-state index >= 15 is 0 Å². The normalized spacial score (nSPS) is 13.7. The summed E-state index contributed by atoms with van der Waals surface area (Å²) in [6.45, 7) is 13.5. The zero-order valence-corrected chi connectivity index (χ0v) is 27.8. The maximum absolute atomic E-state index is 5.47. The van der Waals surface area contributed by atoms with E-state index in [-0.39, 0.29) is 10.8 Å². The lowest BCUT2D eigenvalue weighted by molar-refractivity contribution is 0.590. The molecule has 0 atom stereocenters. The van der Waals surface area contributed by atoms with Crippen LogP contribution >= 0.6 is 0 Å². The fourth-order valence-electron chi connectivity index (χ4n) is 7.01. The van der Waals surface area contributed by atoms with Crippen molar-refractivity contribution in [2.75, 3.05) is 0 Å². The van der Waals surface area contributed by atoms with Crippen molar-refractivity contribution < 1.29 is 0 Å². The van der Waals surface area contributed by atoms with Gasteiger partial charge in [-0.3, -0.25) is 9.97 Å². The number of rotatable bonds is 5. The summed E-state index contributed by atoms with van der Waals surface area (Å²) in [6, 6.07) is 48.5. The molecule has 0 amide bonds. The Morgan fingerprint density at radius 2 is 0.913 bits per heavy atom. The zero-order valence-electron chi connectivity index (χ0n) is 27.8. The first-order chi connectivity index (χ1) is 22.0. The average molecular weight is 599 g/mol. The van der Waals surface area contributed by atoms with Crippen molar-refractivity contribution in [3.63, 3.8) is 0 Å². The molecule has 2 heterocycles. The Kier molecular flexibility index (Phi) is 7.28.